The summed E-state index contributed by atoms with van der Waals surface area (Å²) in [6, 6.07) is -0.763. The molecule has 0 bridgehead atoms. The predicted octanol–water partition coefficient (Wildman–Crippen LogP) is 1.58. The van der Waals surface area contributed by atoms with Crippen molar-refractivity contribution >= 4 is 5.91 Å². The third-order valence-electron chi connectivity index (χ3n) is 3.80. The van der Waals surface area contributed by atoms with Gasteiger partial charge in [-0.3, -0.25) is 4.79 Å². The number of carbonyl (C=O) groups is 1. The molecule has 0 saturated heterocycles. The topological polar surface area (TPSA) is 61.4 Å². The molecule has 20 heavy (non-hydrogen) atoms. The Hall–Kier alpha value is -0.820. The molecule has 4 nitrogen and oxygen atoms in total. The first-order chi connectivity index (χ1) is 9.11. The standard InChI is InChI=1S/C13H23F3N2O2/c1-9-3-5-12(20,6-4-9)7-17-10(2)11(19)18-8-13(14,15)16/h9-10,17,20H,3-8H2,1-2H3,(H,18,19). The second-order valence-electron chi connectivity index (χ2n) is 5.84. The lowest BCUT2D eigenvalue weighted by Gasteiger charge is -2.35. The molecule has 1 rings (SSSR count). The molecule has 0 aromatic rings. The molecule has 7 heteroatoms. The van der Waals surface area contributed by atoms with Gasteiger partial charge in [0.1, 0.15) is 6.54 Å². The van der Waals surface area contributed by atoms with Crippen molar-refractivity contribution in [3.8, 4) is 0 Å². The van der Waals surface area contributed by atoms with E-state index in [4.69, 9.17) is 0 Å². The summed E-state index contributed by atoms with van der Waals surface area (Å²) in [7, 11) is 0. The average Bonchev–Trinajstić information content (AvgIpc) is 2.36. The van der Waals surface area contributed by atoms with Crippen LogP contribution in [0.5, 0.6) is 0 Å². The molecule has 1 aliphatic carbocycles. The lowest BCUT2D eigenvalue weighted by atomic mass is 9.79. The average molecular weight is 296 g/mol. The quantitative estimate of drug-likeness (QED) is 0.722. The summed E-state index contributed by atoms with van der Waals surface area (Å²) in [6.45, 7) is 2.50. The molecular formula is C13H23F3N2O2. The van der Waals surface area contributed by atoms with Crippen LogP contribution in [0.15, 0.2) is 0 Å². The monoisotopic (exact) mass is 296 g/mol. The largest absolute Gasteiger partial charge is 0.405 e. The molecule has 1 saturated carbocycles. The van der Waals surface area contributed by atoms with E-state index >= 15 is 0 Å². The van der Waals surface area contributed by atoms with Gasteiger partial charge in [-0.1, -0.05) is 6.92 Å². The molecule has 1 fully saturated rings. The lowest BCUT2D eigenvalue weighted by molar-refractivity contribution is -0.139. The second-order valence-corrected chi connectivity index (χ2v) is 5.84. The summed E-state index contributed by atoms with van der Waals surface area (Å²) in [5, 5.41) is 14.9. The highest BCUT2D eigenvalue weighted by atomic mass is 19.4. The molecule has 0 aliphatic heterocycles. The maximum absolute atomic E-state index is 12.0. The van der Waals surface area contributed by atoms with Crippen LogP contribution < -0.4 is 10.6 Å². The molecule has 0 spiro atoms. The summed E-state index contributed by atoms with van der Waals surface area (Å²) in [6.07, 6.45) is -1.26. The highest BCUT2D eigenvalue weighted by Crippen LogP contribution is 2.31. The van der Waals surface area contributed by atoms with Gasteiger partial charge in [0.2, 0.25) is 5.91 Å². The van der Waals surface area contributed by atoms with Crippen LogP contribution in [0.25, 0.3) is 0 Å². The fourth-order valence-corrected chi connectivity index (χ4v) is 2.25. The summed E-state index contributed by atoms with van der Waals surface area (Å²) in [5.74, 6) is -0.127. The Labute approximate surface area is 117 Å². The van der Waals surface area contributed by atoms with E-state index < -0.39 is 30.3 Å². The Balaban J connectivity index is 2.31. The van der Waals surface area contributed by atoms with E-state index in [1.165, 1.54) is 6.92 Å². The van der Waals surface area contributed by atoms with Crippen LogP contribution in [0.3, 0.4) is 0 Å². The zero-order valence-corrected chi connectivity index (χ0v) is 11.9. The molecule has 0 radical (unpaired) electrons. The molecule has 3 N–H and O–H groups in total. The van der Waals surface area contributed by atoms with E-state index in [-0.39, 0.29) is 6.54 Å². The van der Waals surface area contributed by atoms with Crippen LogP contribution in [0.4, 0.5) is 13.2 Å². The molecule has 1 amide bonds. The molecule has 1 atom stereocenters. The molecule has 0 aromatic heterocycles. The van der Waals surface area contributed by atoms with Gasteiger partial charge in [-0.15, -0.1) is 0 Å². The number of rotatable bonds is 5. The van der Waals surface area contributed by atoms with Crippen molar-refractivity contribution < 1.29 is 23.1 Å². The van der Waals surface area contributed by atoms with Crippen molar-refractivity contribution in [2.24, 2.45) is 5.92 Å². The smallest absolute Gasteiger partial charge is 0.389 e. The minimum atomic E-state index is -4.41. The Morgan fingerprint density at radius 3 is 2.45 bits per heavy atom. The normalized spacial score (nSPS) is 29.0. The number of carbonyl (C=O) groups excluding carboxylic acids is 1. The summed E-state index contributed by atoms with van der Waals surface area (Å²) >= 11 is 0. The van der Waals surface area contributed by atoms with Gasteiger partial charge in [0, 0.05) is 6.54 Å². The van der Waals surface area contributed by atoms with Gasteiger partial charge in [0.15, 0.2) is 0 Å². The van der Waals surface area contributed by atoms with Crippen LogP contribution in [-0.4, -0.2) is 41.9 Å². The number of aliphatic hydroxyl groups is 1. The molecule has 0 heterocycles. The van der Waals surface area contributed by atoms with Crippen molar-refractivity contribution in [2.45, 2.75) is 57.3 Å². The first-order valence-corrected chi connectivity index (χ1v) is 6.91. The maximum Gasteiger partial charge on any atom is 0.405 e. The highest BCUT2D eigenvalue weighted by molar-refractivity contribution is 5.81. The Bertz CT molecular complexity index is 326. The number of halogens is 3. The Kier molecular flexibility index (Phi) is 5.82. The second kappa shape index (κ2) is 6.76. The van der Waals surface area contributed by atoms with Crippen LogP contribution in [0.2, 0.25) is 0 Å². The van der Waals surface area contributed by atoms with E-state index in [0.29, 0.717) is 18.8 Å². The molecule has 0 aromatic carbocycles. The van der Waals surface area contributed by atoms with Crippen LogP contribution in [-0.2, 0) is 4.79 Å². The first kappa shape index (κ1) is 17.2. The molecule has 118 valence electrons. The van der Waals surface area contributed by atoms with Crippen molar-refractivity contribution in [2.75, 3.05) is 13.1 Å². The van der Waals surface area contributed by atoms with Crippen molar-refractivity contribution in [1.29, 1.82) is 0 Å². The van der Waals surface area contributed by atoms with Crippen molar-refractivity contribution in [3.05, 3.63) is 0 Å². The zero-order valence-electron chi connectivity index (χ0n) is 11.9. The minimum Gasteiger partial charge on any atom is -0.389 e. The molecular weight excluding hydrogens is 273 g/mol. The third kappa shape index (κ3) is 6.09. The Morgan fingerprint density at radius 2 is 1.95 bits per heavy atom. The van der Waals surface area contributed by atoms with Gasteiger partial charge in [-0.2, -0.15) is 13.2 Å². The third-order valence-corrected chi connectivity index (χ3v) is 3.80. The van der Waals surface area contributed by atoms with Gasteiger partial charge in [0.25, 0.3) is 0 Å². The van der Waals surface area contributed by atoms with Crippen molar-refractivity contribution in [3.63, 3.8) is 0 Å². The van der Waals surface area contributed by atoms with Gasteiger partial charge in [-0.25, -0.2) is 0 Å². The summed E-state index contributed by atoms with van der Waals surface area (Å²) in [4.78, 5) is 11.5. The first-order valence-electron chi connectivity index (χ1n) is 6.91. The van der Waals surface area contributed by atoms with Crippen LogP contribution in [0, 0.1) is 5.92 Å². The summed E-state index contributed by atoms with van der Waals surface area (Å²) < 4.78 is 35.9. The minimum absolute atomic E-state index is 0.223. The van der Waals surface area contributed by atoms with Crippen LogP contribution >= 0.6 is 0 Å². The maximum atomic E-state index is 12.0. The fourth-order valence-electron chi connectivity index (χ4n) is 2.25. The number of nitrogens with one attached hydrogen (secondary N) is 2. The van der Waals surface area contributed by atoms with E-state index in [0.717, 1.165) is 12.8 Å². The van der Waals surface area contributed by atoms with E-state index in [1.54, 1.807) is 0 Å². The fraction of sp³-hybridized carbons (Fsp3) is 0.923. The lowest BCUT2D eigenvalue weighted by Crippen LogP contribution is -2.51. The SMILES string of the molecule is CC1CCC(O)(CNC(C)C(=O)NCC(F)(F)F)CC1. The van der Waals surface area contributed by atoms with E-state index in [1.807, 2.05) is 5.32 Å². The number of alkyl halides is 3. The zero-order chi connectivity index (χ0) is 15.4. The van der Waals surface area contributed by atoms with Gasteiger partial charge < -0.3 is 15.7 Å². The predicted molar refractivity (Wildman–Crippen MR) is 69.1 cm³/mol. The Morgan fingerprint density at radius 1 is 1.40 bits per heavy atom. The van der Waals surface area contributed by atoms with Gasteiger partial charge in [-0.05, 0) is 38.5 Å². The molecule has 1 aliphatic rings. The van der Waals surface area contributed by atoms with E-state index in [9.17, 15) is 23.1 Å². The van der Waals surface area contributed by atoms with E-state index in [2.05, 4.69) is 12.2 Å². The number of amides is 1. The number of hydrogen-bond donors (Lipinski definition) is 3. The highest BCUT2D eigenvalue weighted by Gasteiger charge is 2.33. The van der Waals surface area contributed by atoms with Crippen LogP contribution in [0.1, 0.15) is 39.5 Å². The summed E-state index contributed by atoms with van der Waals surface area (Å²) in [5.41, 5.74) is -0.856. The number of hydrogen-bond acceptors (Lipinski definition) is 3. The van der Waals surface area contributed by atoms with Crippen molar-refractivity contribution in [1.82, 2.24) is 10.6 Å². The van der Waals surface area contributed by atoms with Gasteiger partial charge in [0.05, 0.1) is 11.6 Å². The molecule has 1 unspecified atom stereocenters. The van der Waals surface area contributed by atoms with Gasteiger partial charge >= 0.3 is 6.18 Å².